The summed E-state index contributed by atoms with van der Waals surface area (Å²) in [6.45, 7) is 6.33. The minimum absolute atomic E-state index is 0.0685. The van der Waals surface area contributed by atoms with E-state index in [4.69, 9.17) is 5.26 Å². The van der Waals surface area contributed by atoms with Crippen LogP contribution >= 0.6 is 0 Å². The van der Waals surface area contributed by atoms with E-state index in [1.54, 1.807) is 12.1 Å². The zero-order valence-corrected chi connectivity index (χ0v) is 15.4. The Morgan fingerprint density at radius 3 is 2.37 bits per heavy atom. The standard InChI is InChI=1S/C21H22F3N3/c1-15-13-27(16(2)12-26(15)14-17-6-4-3-5-7-17)19-9-8-18(11-25)20(10-19)21(22,23)24/h3-10,15-16H,12-14H2,1-2H3. The van der Waals surface area contributed by atoms with Crippen LogP contribution in [0.15, 0.2) is 48.5 Å². The monoisotopic (exact) mass is 373 g/mol. The van der Waals surface area contributed by atoms with Crippen LogP contribution in [0.1, 0.15) is 30.5 Å². The van der Waals surface area contributed by atoms with Gasteiger partial charge in [-0.3, -0.25) is 4.90 Å². The predicted octanol–water partition coefficient (Wildman–Crippen LogP) is 4.68. The maximum atomic E-state index is 13.3. The van der Waals surface area contributed by atoms with Gasteiger partial charge in [0.05, 0.1) is 17.2 Å². The van der Waals surface area contributed by atoms with E-state index >= 15 is 0 Å². The number of benzene rings is 2. The third kappa shape index (κ3) is 4.25. The number of piperazine rings is 1. The summed E-state index contributed by atoms with van der Waals surface area (Å²) < 4.78 is 39.8. The summed E-state index contributed by atoms with van der Waals surface area (Å²) in [5.41, 5.74) is 0.534. The Bertz CT molecular complexity index is 827. The van der Waals surface area contributed by atoms with Crippen molar-refractivity contribution in [3.8, 4) is 6.07 Å². The van der Waals surface area contributed by atoms with Crippen LogP contribution < -0.4 is 4.90 Å². The maximum Gasteiger partial charge on any atom is 0.417 e. The number of hydrogen-bond donors (Lipinski definition) is 0. The van der Waals surface area contributed by atoms with Gasteiger partial charge in [-0.15, -0.1) is 0 Å². The van der Waals surface area contributed by atoms with Crippen molar-refractivity contribution < 1.29 is 13.2 Å². The fraction of sp³-hybridized carbons (Fsp3) is 0.381. The van der Waals surface area contributed by atoms with Gasteiger partial charge in [0.1, 0.15) is 0 Å². The molecule has 3 rings (SSSR count). The highest BCUT2D eigenvalue weighted by Gasteiger charge is 2.35. The van der Waals surface area contributed by atoms with Crippen LogP contribution in [0.2, 0.25) is 0 Å². The molecule has 0 radical (unpaired) electrons. The highest BCUT2D eigenvalue weighted by Crippen LogP contribution is 2.35. The molecule has 0 bridgehead atoms. The predicted molar refractivity (Wildman–Crippen MR) is 99.3 cm³/mol. The summed E-state index contributed by atoms with van der Waals surface area (Å²) in [7, 11) is 0. The molecule has 3 nitrogen and oxygen atoms in total. The Labute approximate surface area is 157 Å². The number of alkyl halides is 3. The summed E-state index contributed by atoms with van der Waals surface area (Å²) in [6, 6.07) is 16.1. The highest BCUT2D eigenvalue weighted by molar-refractivity contribution is 5.56. The molecule has 0 saturated carbocycles. The third-order valence-electron chi connectivity index (χ3n) is 5.10. The fourth-order valence-corrected chi connectivity index (χ4v) is 3.64. The highest BCUT2D eigenvalue weighted by atomic mass is 19.4. The number of nitriles is 1. The zero-order chi connectivity index (χ0) is 19.6. The van der Waals surface area contributed by atoms with Crippen molar-refractivity contribution in [2.24, 2.45) is 0 Å². The van der Waals surface area contributed by atoms with Gasteiger partial charge in [0, 0.05) is 37.4 Å². The van der Waals surface area contributed by atoms with E-state index in [9.17, 15) is 13.2 Å². The van der Waals surface area contributed by atoms with Crippen molar-refractivity contribution in [2.45, 2.75) is 38.7 Å². The van der Waals surface area contributed by atoms with Crippen LogP contribution in [0.25, 0.3) is 0 Å². The zero-order valence-electron chi connectivity index (χ0n) is 15.4. The largest absolute Gasteiger partial charge is 0.417 e. The van der Waals surface area contributed by atoms with E-state index in [1.165, 1.54) is 11.6 Å². The lowest BCUT2D eigenvalue weighted by Gasteiger charge is -2.45. The van der Waals surface area contributed by atoms with Crippen LogP contribution in [-0.4, -0.2) is 30.1 Å². The molecule has 0 N–H and O–H groups in total. The van der Waals surface area contributed by atoms with Crippen LogP contribution in [-0.2, 0) is 12.7 Å². The summed E-state index contributed by atoms with van der Waals surface area (Å²) in [5.74, 6) is 0. The molecule has 1 aliphatic heterocycles. The summed E-state index contributed by atoms with van der Waals surface area (Å²) >= 11 is 0. The first-order valence-electron chi connectivity index (χ1n) is 8.95. The minimum Gasteiger partial charge on any atom is -0.366 e. The number of nitrogens with zero attached hydrogens (tertiary/aromatic N) is 3. The lowest BCUT2D eigenvalue weighted by Crippen LogP contribution is -2.56. The molecule has 1 saturated heterocycles. The van der Waals surface area contributed by atoms with Crippen LogP contribution in [0, 0.1) is 11.3 Å². The third-order valence-corrected chi connectivity index (χ3v) is 5.10. The van der Waals surface area contributed by atoms with Gasteiger partial charge >= 0.3 is 6.18 Å². The van der Waals surface area contributed by atoms with Gasteiger partial charge in [0.15, 0.2) is 0 Å². The second kappa shape index (κ2) is 7.61. The second-order valence-corrected chi connectivity index (χ2v) is 7.10. The Morgan fingerprint density at radius 1 is 1.04 bits per heavy atom. The van der Waals surface area contributed by atoms with Crippen LogP contribution in [0.4, 0.5) is 18.9 Å². The molecule has 142 valence electrons. The van der Waals surface area contributed by atoms with Crippen molar-refractivity contribution in [1.82, 2.24) is 4.90 Å². The first kappa shape index (κ1) is 19.2. The number of anilines is 1. The first-order valence-corrected chi connectivity index (χ1v) is 8.95. The molecule has 1 heterocycles. The Morgan fingerprint density at radius 2 is 1.74 bits per heavy atom. The van der Waals surface area contributed by atoms with Crippen molar-refractivity contribution in [2.75, 3.05) is 18.0 Å². The smallest absolute Gasteiger partial charge is 0.366 e. The lowest BCUT2D eigenvalue weighted by atomic mass is 10.0. The molecular formula is C21H22F3N3. The Balaban J connectivity index is 1.80. The second-order valence-electron chi connectivity index (χ2n) is 7.10. The normalized spacial score (nSPS) is 21.1. The van der Waals surface area contributed by atoms with Gasteiger partial charge < -0.3 is 4.90 Å². The maximum absolute atomic E-state index is 13.3. The molecule has 2 unspecified atom stereocenters. The molecule has 0 aromatic heterocycles. The first-order chi connectivity index (χ1) is 12.8. The van der Waals surface area contributed by atoms with Crippen molar-refractivity contribution in [3.63, 3.8) is 0 Å². The molecule has 1 aliphatic rings. The molecule has 0 aliphatic carbocycles. The van der Waals surface area contributed by atoms with Crippen LogP contribution in [0.5, 0.6) is 0 Å². The average Bonchev–Trinajstić information content (AvgIpc) is 2.64. The van der Waals surface area contributed by atoms with E-state index in [0.717, 1.165) is 19.2 Å². The van der Waals surface area contributed by atoms with E-state index < -0.39 is 11.7 Å². The SMILES string of the molecule is CC1CN(c2ccc(C#N)c(C(F)(F)F)c2)C(C)CN1Cc1ccccc1. The van der Waals surface area contributed by atoms with Crippen molar-refractivity contribution in [1.29, 1.82) is 5.26 Å². The lowest BCUT2D eigenvalue weighted by molar-refractivity contribution is -0.137. The number of rotatable bonds is 3. The Kier molecular flexibility index (Phi) is 5.43. The molecule has 27 heavy (non-hydrogen) atoms. The number of halogens is 3. The van der Waals surface area contributed by atoms with E-state index in [2.05, 4.69) is 24.0 Å². The minimum atomic E-state index is -4.54. The van der Waals surface area contributed by atoms with E-state index in [0.29, 0.717) is 12.2 Å². The quantitative estimate of drug-likeness (QED) is 0.783. The molecule has 1 fully saturated rings. The van der Waals surface area contributed by atoms with Crippen molar-refractivity contribution in [3.05, 3.63) is 65.2 Å². The topological polar surface area (TPSA) is 30.3 Å². The molecule has 0 amide bonds. The summed E-state index contributed by atoms with van der Waals surface area (Å²) in [5, 5.41) is 8.98. The van der Waals surface area contributed by atoms with E-state index in [1.807, 2.05) is 30.0 Å². The van der Waals surface area contributed by atoms with Gasteiger partial charge in [-0.1, -0.05) is 30.3 Å². The van der Waals surface area contributed by atoms with Gasteiger partial charge in [-0.2, -0.15) is 18.4 Å². The molecule has 2 aromatic rings. The van der Waals surface area contributed by atoms with Gasteiger partial charge in [-0.05, 0) is 37.6 Å². The molecular weight excluding hydrogens is 351 g/mol. The molecule has 2 aromatic carbocycles. The molecule has 6 heteroatoms. The van der Waals surface area contributed by atoms with Gasteiger partial charge in [0.2, 0.25) is 0 Å². The van der Waals surface area contributed by atoms with Crippen LogP contribution in [0.3, 0.4) is 0 Å². The number of hydrogen-bond acceptors (Lipinski definition) is 3. The Hall–Kier alpha value is -2.52. The van der Waals surface area contributed by atoms with Crippen molar-refractivity contribution >= 4 is 5.69 Å². The summed E-state index contributed by atoms with van der Waals surface area (Å²) in [6.07, 6.45) is -4.54. The fourth-order valence-electron chi connectivity index (χ4n) is 3.64. The van der Waals surface area contributed by atoms with Gasteiger partial charge in [0.25, 0.3) is 0 Å². The molecule has 0 spiro atoms. The summed E-state index contributed by atoms with van der Waals surface area (Å²) in [4.78, 5) is 4.35. The molecule has 2 atom stereocenters. The van der Waals surface area contributed by atoms with E-state index in [-0.39, 0.29) is 17.6 Å². The van der Waals surface area contributed by atoms with Gasteiger partial charge in [-0.25, -0.2) is 0 Å². The average molecular weight is 373 g/mol.